The van der Waals surface area contributed by atoms with E-state index in [2.05, 4.69) is 4.98 Å². The minimum Gasteiger partial charge on any atom is -0.444 e. The van der Waals surface area contributed by atoms with Gasteiger partial charge in [0.25, 0.3) is 0 Å². The normalized spacial score (nSPS) is 16.8. The first kappa shape index (κ1) is 29.1. The van der Waals surface area contributed by atoms with Gasteiger partial charge in [0, 0.05) is 66.1 Å². The van der Waals surface area contributed by atoms with Gasteiger partial charge in [-0.1, -0.05) is 48.5 Å². The number of nitrogens with zero attached hydrogens (tertiary/aromatic N) is 4. The van der Waals surface area contributed by atoms with Gasteiger partial charge in [0.2, 0.25) is 0 Å². The van der Waals surface area contributed by atoms with Crippen molar-refractivity contribution in [2.24, 2.45) is 0 Å². The zero-order valence-corrected chi connectivity index (χ0v) is 24.9. The minimum atomic E-state index is -0.853. The molecule has 2 aromatic heterocycles. The first-order valence-corrected chi connectivity index (χ1v) is 14.5. The van der Waals surface area contributed by atoms with Crippen molar-refractivity contribution in [1.82, 2.24) is 19.4 Å². The van der Waals surface area contributed by atoms with Gasteiger partial charge in [-0.3, -0.25) is 24.0 Å². The molecular weight excluding hydrogens is 552 g/mol. The molecule has 0 saturated carbocycles. The SMILES string of the molecule is CN(C)C(=O)n1cc(C(=O)[C@@H]2CSC(c3cccnc3)N2C(=O)OC(C)(C)C)c2ccc(C(=O)c3ccccc3)cc21. The van der Waals surface area contributed by atoms with Crippen LogP contribution < -0.4 is 0 Å². The van der Waals surface area contributed by atoms with Crippen LogP contribution in [0.2, 0.25) is 0 Å². The molecule has 2 aromatic carbocycles. The molecule has 10 heteroatoms. The number of hydrogen-bond donors (Lipinski definition) is 0. The molecule has 216 valence electrons. The van der Waals surface area contributed by atoms with E-state index in [0.29, 0.717) is 27.8 Å². The number of hydrogen-bond acceptors (Lipinski definition) is 7. The molecule has 1 aliphatic rings. The molecular formula is C32H32N4O5S. The standard InChI is InChI=1S/C32H32N4O5S/c1-32(2,3)41-31(40)36-26(19-42-29(36)22-12-9-15-33-17-22)28(38)24-18-35(30(39)34(4)5)25-16-21(13-14-23(24)25)27(37)20-10-7-6-8-11-20/h6-18,26,29H,19H2,1-5H3/t26-,29?/m0/s1. The number of carbonyl (C=O) groups is 4. The molecule has 1 fully saturated rings. The Morgan fingerprint density at radius 2 is 1.71 bits per heavy atom. The second-order valence-electron chi connectivity index (χ2n) is 11.3. The summed E-state index contributed by atoms with van der Waals surface area (Å²) in [6, 6.07) is 16.3. The summed E-state index contributed by atoms with van der Waals surface area (Å²) in [6.07, 6.45) is 4.22. The molecule has 9 nitrogen and oxygen atoms in total. The van der Waals surface area contributed by atoms with E-state index in [1.807, 2.05) is 12.1 Å². The highest BCUT2D eigenvalue weighted by Gasteiger charge is 2.45. The maximum Gasteiger partial charge on any atom is 0.412 e. The summed E-state index contributed by atoms with van der Waals surface area (Å²) in [7, 11) is 3.23. The minimum absolute atomic E-state index is 0.196. The Hall–Kier alpha value is -4.44. The summed E-state index contributed by atoms with van der Waals surface area (Å²) in [5.41, 5.74) is 1.62. The topological polar surface area (TPSA) is 102 Å². The Morgan fingerprint density at radius 1 is 0.976 bits per heavy atom. The second-order valence-corrected chi connectivity index (χ2v) is 12.4. The van der Waals surface area contributed by atoms with Crippen molar-refractivity contribution in [3.63, 3.8) is 0 Å². The van der Waals surface area contributed by atoms with E-state index >= 15 is 0 Å². The summed E-state index contributed by atoms with van der Waals surface area (Å²) in [6.45, 7) is 5.33. The fourth-order valence-corrected chi connectivity index (χ4v) is 6.30. The van der Waals surface area contributed by atoms with Gasteiger partial charge in [-0.2, -0.15) is 0 Å². The summed E-state index contributed by atoms with van der Waals surface area (Å²) in [5, 5.41) is 0.0353. The summed E-state index contributed by atoms with van der Waals surface area (Å²) >= 11 is 1.45. The predicted octanol–water partition coefficient (Wildman–Crippen LogP) is 6.03. The fraction of sp³-hybridized carbons (Fsp3) is 0.281. The van der Waals surface area contributed by atoms with Crippen LogP contribution >= 0.6 is 11.8 Å². The number of ketones is 2. The molecule has 1 saturated heterocycles. The maximum atomic E-state index is 14.3. The summed E-state index contributed by atoms with van der Waals surface area (Å²) in [4.78, 5) is 61.3. The van der Waals surface area contributed by atoms with E-state index in [9.17, 15) is 19.2 Å². The zero-order valence-electron chi connectivity index (χ0n) is 24.1. The Bertz CT molecular complexity index is 1660. The molecule has 0 spiro atoms. The van der Waals surface area contributed by atoms with Gasteiger partial charge in [-0.25, -0.2) is 9.59 Å². The van der Waals surface area contributed by atoms with Gasteiger partial charge >= 0.3 is 12.1 Å². The van der Waals surface area contributed by atoms with Crippen LogP contribution in [-0.4, -0.2) is 74.5 Å². The van der Waals surface area contributed by atoms with Crippen LogP contribution in [-0.2, 0) is 4.74 Å². The monoisotopic (exact) mass is 584 g/mol. The van der Waals surface area contributed by atoms with Gasteiger partial charge in [0.1, 0.15) is 17.0 Å². The third-order valence-corrected chi connectivity index (χ3v) is 8.16. The first-order valence-electron chi connectivity index (χ1n) is 13.5. The summed E-state index contributed by atoms with van der Waals surface area (Å²) < 4.78 is 7.11. The largest absolute Gasteiger partial charge is 0.444 e. The molecule has 1 aliphatic heterocycles. The maximum absolute atomic E-state index is 14.3. The van der Waals surface area contributed by atoms with E-state index in [-0.39, 0.29) is 23.2 Å². The third kappa shape index (κ3) is 5.67. The molecule has 0 bridgehead atoms. The molecule has 0 radical (unpaired) electrons. The lowest BCUT2D eigenvalue weighted by Gasteiger charge is -2.31. The van der Waals surface area contributed by atoms with Crippen molar-refractivity contribution in [3.05, 3.63) is 102 Å². The highest BCUT2D eigenvalue weighted by molar-refractivity contribution is 7.99. The molecule has 0 aliphatic carbocycles. The number of amides is 2. The molecule has 4 aromatic rings. The smallest absolute Gasteiger partial charge is 0.412 e. The van der Waals surface area contributed by atoms with Crippen LogP contribution in [0.3, 0.4) is 0 Å². The van der Waals surface area contributed by atoms with Crippen LogP contribution in [0.4, 0.5) is 9.59 Å². The van der Waals surface area contributed by atoms with Crippen molar-refractivity contribution >= 4 is 46.4 Å². The number of fused-ring (bicyclic) bond motifs is 1. The van der Waals surface area contributed by atoms with E-state index < -0.39 is 23.1 Å². The van der Waals surface area contributed by atoms with Gasteiger partial charge in [-0.05, 0) is 32.9 Å². The Balaban J connectivity index is 1.59. The van der Waals surface area contributed by atoms with Crippen molar-refractivity contribution in [1.29, 1.82) is 0 Å². The number of aromatic nitrogens is 2. The fourth-order valence-electron chi connectivity index (χ4n) is 4.90. The molecule has 1 unspecified atom stereocenters. The average Bonchev–Trinajstić information content (AvgIpc) is 3.58. The lowest BCUT2D eigenvalue weighted by atomic mass is 9.99. The number of thioether (sulfide) groups is 1. The van der Waals surface area contributed by atoms with Crippen molar-refractivity contribution in [2.45, 2.75) is 37.8 Å². The van der Waals surface area contributed by atoms with Crippen molar-refractivity contribution in [2.75, 3.05) is 19.8 Å². The molecule has 2 atom stereocenters. The van der Waals surface area contributed by atoms with Crippen LogP contribution in [0.5, 0.6) is 0 Å². The van der Waals surface area contributed by atoms with Crippen LogP contribution in [0.15, 0.2) is 79.3 Å². The lowest BCUT2D eigenvalue weighted by Crippen LogP contribution is -2.45. The number of carbonyl (C=O) groups excluding carboxylic acids is 4. The molecule has 42 heavy (non-hydrogen) atoms. The van der Waals surface area contributed by atoms with Gasteiger partial charge in [-0.15, -0.1) is 11.8 Å². The van der Waals surface area contributed by atoms with E-state index in [1.54, 1.807) is 95.8 Å². The quantitative estimate of drug-likeness (QED) is 0.264. The highest BCUT2D eigenvalue weighted by atomic mass is 32.2. The number of benzene rings is 2. The number of rotatable bonds is 5. The predicted molar refractivity (Wildman–Crippen MR) is 162 cm³/mol. The van der Waals surface area contributed by atoms with Gasteiger partial charge in [0.05, 0.1) is 5.52 Å². The second kappa shape index (κ2) is 11.4. The average molecular weight is 585 g/mol. The lowest BCUT2D eigenvalue weighted by molar-refractivity contribution is 0.0172. The molecule has 0 N–H and O–H groups in total. The number of ether oxygens (including phenoxy) is 1. The number of pyridine rings is 1. The van der Waals surface area contributed by atoms with E-state index in [1.165, 1.54) is 32.3 Å². The van der Waals surface area contributed by atoms with E-state index in [0.717, 1.165) is 5.56 Å². The van der Waals surface area contributed by atoms with Crippen LogP contribution in [0.25, 0.3) is 10.9 Å². The molecule has 2 amide bonds. The van der Waals surface area contributed by atoms with Crippen molar-refractivity contribution < 1.29 is 23.9 Å². The Kier molecular flexibility index (Phi) is 7.92. The summed E-state index contributed by atoms with van der Waals surface area (Å²) in [5.74, 6) is -0.188. The Labute approximate surface area is 248 Å². The van der Waals surface area contributed by atoms with Gasteiger partial charge in [0.15, 0.2) is 11.6 Å². The third-order valence-electron chi connectivity index (χ3n) is 6.83. The molecule has 5 rings (SSSR count). The number of Topliss-reactive ketones (excluding diaryl/α,β-unsaturated/α-hetero) is 1. The van der Waals surface area contributed by atoms with Gasteiger partial charge < -0.3 is 9.64 Å². The van der Waals surface area contributed by atoms with E-state index in [4.69, 9.17) is 4.74 Å². The Morgan fingerprint density at radius 3 is 2.36 bits per heavy atom. The van der Waals surface area contributed by atoms with Crippen molar-refractivity contribution in [3.8, 4) is 0 Å². The first-order chi connectivity index (χ1) is 20.0. The molecule has 3 heterocycles. The zero-order chi connectivity index (χ0) is 30.2. The van der Waals surface area contributed by atoms with Crippen LogP contribution in [0, 0.1) is 0 Å². The van der Waals surface area contributed by atoms with Crippen LogP contribution in [0.1, 0.15) is 58.0 Å². The highest BCUT2D eigenvalue weighted by Crippen LogP contribution is 2.43.